The Kier molecular flexibility index (Phi) is 6.89. The molecule has 0 fully saturated rings. The highest BCUT2D eigenvalue weighted by atomic mass is 17.0. The van der Waals surface area contributed by atoms with Crippen molar-refractivity contribution in [1.29, 1.82) is 0 Å². The predicted octanol–water partition coefficient (Wildman–Crippen LogP) is -1.24. The summed E-state index contributed by atoms with van der Waals surface area (Å²) in [5, 5.41) is 8.90. The summed E-state index contributed by atoms with van der Waals surface area (Å²) in [6.07, 6.45) is 0. The lowest BCUT2D eigenvalue weighted by Crippen LogP contribution is -2.28. The third-order valence-electron chi connectivity index (χ3n) is 4.62. The second kappa shape index (κ2) is 9.59. The first-order valence-electron chi connectivity index (χ1n) is 9.19. The van der Waals surface area contributed by atoms with Gasteiger partial charge >= 0.3 is 0 Å². The zero-order valence-corrected chi connectivity index (χ0v) is 16.5. The van der Waals surface area contributed by atoms with E-state index in [-0.39, 0.29) is 41.3 Å². The van der Waals surface area contributed by atoms with Gasteiger partial charge < -0.3 is 14.2 Å². The van der Waals surface area contributed by atoms with Gasteiger partial charge in [-0.05, 0) is 12.1 Å². The molecule has 0 spiro atoms. The first-order chi connectivity index (χ1) is 14.9. The van der Waals surface area contributed by atoms with E-state index in [2.05, 4.69) is 4.84 Å². The topological polar surface area (TPSA) is 158 Å². The molecule has 13 nitrogen and oxygen atoms in total. The number of hydrogen-bond acceptors (Lipinski definition) is 10. The molecule has 0 amide bonds. The Morgan fingerprint density at radius 3 is 1.71 bits per heavy atom. The van der Waals surface area contributed by atoms with Crippen LogP contribution in [0.2, 0.25) is 0 Å². The van der Waals surface area contributed by atoms with Crippen LogP contribution in [-0.2, 0) is 32.3 Å². The lowest BCUT2D eigenvalue weighted by Gasteiger charge is -2.05. The minimum Gasteiger partial charge on any atom is -0.382 e. The van der Waals surface area contributed by atoms with Crippen LogP contribution in [0.5, 0.6) is 0 Å². The van der Waals surface area contributed by atoms with Crippen molar-refractivity contribution in [2.75, 3.05) is 40.1 Å². The van der Waals surface area contributed by atoms with Gasteiger partial charge in [-0.15, -0.1) is 10.1 Å². The fourth-order valence-electron chi connectivity index (χ4n) is 3.12. The zero-order valence-electron chi connectivity index (χ0n) is 16.5. The lowest BCUT2D eigenvalue weighted by atomic mass is 10.1. The van der Waals surface area contributed by atoms with E-state index in [1.807, 2.05) is 0 Å². The van der Waals surface area contributed by atoms with Crippen LogP contribution in [0.15, 0.2) is 31.3 Å². The molecule has 0 unspecified atom stereocenters. The Bertz CT molecular complexity index is 1220. The minimum atomic E-state index is -1.14. The molecule has 3 aromatic rings. The average Bonchev–Trinajstić information content (AvgIpc) is 3.12. The third kappa shape index (κ3) is 4.52. The van der Waals surface area contributed by atoms with Crippen molar-refractivity contribution < 1.29 is 24.1 Å². The third-order valence-corrected chi connectivity index (χ3v) is 4.62. The molecule has 13 heteroatoms. The SMILES string of the molecule is COCCOCCOCCn1c(=O)c2cc3c(=O)n(CO[N+](=O)[O-])c(=O)c3cc2c1=O. The largest absolute Gasteiger partial charge is 0.382 e. The summed E-state index contributed by atoms with van der Waals surface area (Å²) in [6, 6.07) is 2.31. The zero-order chi connectivity index (χ0) is 22.5. The molecule has 0 aliphatic rings. The summed E-state index contributed by atoms with van der Waals surface area (Å²) >= 11 is 0. The van der Waals surface area contributed by atoms with E-state index in [0.29, 0.717) is 24.4 Å². The van der Waals surface area contributed by atoms with E-state index < -0.39 is 34.1 Å². The Labute approximate surface area is 172 Å². The molecule has 0 aliphatic heterocycles. The van der Waals surface area contributed by atoms with Crippen molar-refractivity contribution in [3.63, 3.8) is 0 Å². The molecular weight excluding hydrogens is 418 g/mol. The predicted molar refractivity (Wildman–Crippen MR) is 106 cm³/mol. The Balaban J connectivity index is 1.81. The van der Waals surface area contributed by atoms with Crippen LogP contribution in [0, 0.1) is 10.1 Å². The van der Waals surface area contributed by atoms with Crippen LogP contribution in [0.3, 0.4) is 0 Å². The summed E-state index contributed by atoms with van der Waals surface area (Å²) in [5.41, 5.74) is -2.94. The van der Waals surface area contributed by atoms with Gasteiger partial charge in [0.1, 0.15) is 0 Å². The maximum Gasteiger partial charge on any atom is 0.296 e. The van der Waals surface area contributed by atoms with Crippen molar-refractivity contribution >= 4 is 21.5 Å². The van der Waals surface area contributed by atoms with E-state index in [1.165, 1.54) is 0 Å². The molecule has 3 rings (SSSR count). The van der Waals surface area contributed by atoms with Crippen molar-refractivity contribution in [2.45, 2.75) is 13.3 Å². The fraction of sp³-hybridized carbons (Fsp3) is 0.444. The molecule has 0 radical (unpaired) electrons. The van der Waals surface area contributed by atoms with Crippen LogP contribution in [0.4, 0.5) is 0 Å². The van der Waals surface area contributed by atoms with E-state index in [9.17, 15) is 29.3 Å². The highest BCUT2D eigenvalue weighted by Crippen LogP contribution is 2.14. The van der Waals surface area contributed by atoms with Gasteiger partial charge in [-0.1, -0.05) is 0 Å². The van der Waals surface area contributed by atoms with Crippen LogP contribution >= 0.6 is 0 Å². The monoisotopic (exact) mass is 437 g/mol. The summed E-state index contributed by atoms with van der Waals surface area (Å²) in [4.78, 5) is 64.4. The van der Waals surface area contributed by atoms with Gasteiger partial charge in [-0.25, -0.2) is 4.57 Å². The number of hydrogen-bond donors (Lipinski definition) is 0. The molecule has 0 saturated heterocycles. The Morgan fingerprint density at radius 2 is 1.23 bits per heavy atom. The highest BCUT2D eigenvalue weighted by molar-refractivity contribution is 5.97. The Hall–Kier alpha value is -3.42. The second-order valence-electron chi connectivity index (χ2n) is 6.44. The Morgan fingerprint density at radius 1 is 0.774 bits per heavy atom. The number of ether oxygens (including phenoxy) is 3. The molecule has 0 aliphatic carbocycles. The second-order valence-corrected chi connectivity index (χ2v) is 6.44. The normalized spacial score (nSPS) is 11.5. The molecule has 0 bridgehead atoms. The molecular formula is C18H19N3O10. The molecule has 1 aromatic carbocycles. The van der Waals surface area contributed by atoms with E-state index in [4.69, 9.17) is 14.2 Å². The summed E-state index contributed by atoms with van der Waals surface area (Å²) in [7, 11) is 1.56. The van der Waals surface area contributed by atoms with Crippen molar-refractivity contribution in [3.05, 3.63) is 63.7 Å². The molecule has 2 aromatic heterocycles. The van der Waals surface area contributed by atoms with Crippen molar-refractivity contribution in [1.82, 2.24) is 9.13 Å². The molecule has 31 heavy (non-hydrogen) atoms. The van der Waals surface area contributed by atoms with Gasteiger partial charge in [0.25, 0.3) is 27.3 Å². The number of fused-ring (bicyclic) bond motifs is 2. The number of aromatic nitrogens is 2. The van der Waals surface area contributed by atoms with Crippen LogP contribution in [0.25, 0.3) is 21.5 Å². The van der Waals surface area contributed by atoms with Crippen LogP contribution < -0.4 is 22.2 Å². The molecule has 0 atom stereocenters. The molecule has 0 saturated carbocycles. The summed E-state index contributed by atoms with van der Waals surface area (Å²) in [6.45, 7) is 0.679. The van der Waals surface area contributed by atoms with Crippen LogP contribution in [-0.4, -0.2) is 54.4 Å². The fourth-order valence-corrected chi connectivity index (χ4v) is 3.12. The summed E-state index contributed by atoms with van der Waals surface area (Å²) < 4.78 is 16.9. The maximum atomic E-state index is 12.6. The van der Waals surface area contributed by atoms with Crippen molar-refractivity contribution in [3.8, 4) is 0 Å². The van der Waals surface area contributed by atoms with E-state index in [1.54, 1.807) is 7.11 Å². The van der Waals surface area contributed by atoms with Crippen molar-refractivity contribution in [2.24, 2.45) is 0 Å². The van der Waals surface area contributed by atoms with E-state index in [0.717, 1.165) is 16.7 Å². The smallest absolute Gasteiger partial charge is 0.296 e. The number of benzene rings is 1. The number of rotatable bonds is 12. The lowest BCUT2D eigenvalue weighted by molar-refractivity contribution is -0.767. The van der Waals surface area contributed by atoms with Gasteiger partial charge in [0.15, 0.2) is 6.73 Å². The first-order valence-corrected chi connectivity index (χ1v) is 9.19. The summed E-state index contributed by atoms with van der Waals surface area (Å²) in [5.74, 6) is 0. The standard InChI is InChI=1S/C18H19N3O10/c1-28-4-5-30-7-6-29-3-2-19-15(22)11-8-13-14(9-12(11)16(19)23)18(25)20(17(13)24)10-31-21(26)27/h8-9H,2-7,10H2,1H3. The van der Waals surface area contributed by atoms with Gasteiger partial charge in [-0.3, -0.25) is 28.6 Å². The average molecular weight is 437 g/mol. The van der Waals surface area contributed by atoms with E-state index >= 15 is 0 Å². The number of methoxy groups -OCH3 is 1. The van der Waals surface area contributed by atoms with Gasteiger partial charge in [0.2, 0.25) is 0 Å². The van der Waals surface area contributed by atoms with Gasteiger partial charge in [0.05, 0.1) is 61.1 Å². The molecule has 0 N–H and O–H groups in total. The molecule has 2 heterocycles. The van der Waals surface area contributed by atoms with Crippen LogP contribution in [0.1, 0.15) is 0 Å². The maximum absolute atomic E-state index is 12.6. The van der Waals surface area contributed by atoms with Gasteiger partial charge in [-0.2, -0.15) is 0 Å². The number of nitrogens with zero attached hydrogens (tertiary/aromatic N) is 3. The first kappa shape index (κ1) is 22.3. The van der Waals surface area contributed by atoms with Gasteiger partial charge in [0, 0.05) is 7.11 Å². The molecule has 166 valence electrons. The highest BCUT2D eigenvalue weighted by Gasteiger charge is 2.19. The minimum absolute atomic E-state index is 0.0141. The quantitative estimate of drug-likeness (QED) is 0.190.